The molecule has 0 bridgehead atoms. The van der Waals surface area contributed by atoms with Crippen molar-refractivity contribution in [1.29, 1.82) is 0 Å². The number of carboxylic acids is 1. The summed E-state index contributed by atoms with van der Waals surface area (Å²) >= 11 is 6.22. The van der Waals surface area contributed by atoms with Crippen LogP contribution in [0.2, 0.25) is 5.02 Å². The first-order chi connectivity index (χ1) is 13.4. The predicted molar refractivity (Wildman–Crippen MR) is 112 cm³/mol. The molecule has 0 aliphatic heterocycles. The van der Waals surface area contributed by atoms with Crippen molar-refractivity contribution in [1.82, 2.24) is 9.47 Å². The van der Waals surface area contributed by atoms with E-state index in [1.807, 2.05) is 47.9 Å². The van der Waals surface area contributed by atoms with Gasteiger partial charge in [-0.05, 0) is 31.0 Å². The molecule has 1 heterocycles. The zero-order chi connectivity index (χ0) is 20.3. The Morgan fingerprint density at radius 2 is 1.82 bits per heavy atom. The maximum atomic E-state index is 12.1. The Hall–Kier alpha value is -2.79. The average Bonchev–Trinajstić information content (AvgIpc) is 2.98. The van der Waals surface area contributed by atoms with E-state index in [9.17, 15) is 14.7 Å². The van der Waals surface area contributed by atoms with Gasteiger partial charge in [0.25, 0.3) is 0 Å². The van der Waals surface area contributed by atoms with E-state index in [1.165, 1.54) is 0 Å². The predicted octanol–water partition coefficient (Wildman–Crippen LogP) is 4.92. The summed E-state index contributed by atoms with van der Waals surface area (Å²) in [5.41, 5.74) is 2.01. The van der Waals surface area contributed by atoms with Crippen LogP contribution in [-0.2, 0) is 11.3 Å². The van der Waals surface area contributed by atoms with E-state index in [-0.39, 0.29) is 11.6 Å². The highest BCUT2D eigenvalue weighted by molar-refractivity contribution is 6.31. The van der Waals surface area contributed by atoms with Crippen LogP contribution in [0.4, 0.5) is 0 Å². The van der Waals surface area contributed by atoms with Crippen molar-refractivity contribution >= 4 is 34.2 Å². The van der Waals surface area contributed by atoms with Crippen LogP contribution in [0.1, 0.15) is 30.8 Å². The molecular weight excluding hydrogens is 376 g/mol. The van der Waals surface area contributed by atoms with Gasteiger partial charge in [-0.3, -0.25) is 4.79 Å². The standard InChI is InChI=1S/C22H23ClN2O3/c1-3-24(15(2)26)12-7-13-25-20(16-8-5-4-6-9-16)19-14-17(23)10-11-18(19)21(25)22(27)28/h4-6,8-11,14H,3,7,12-13H2,1-2H3,(H,27,28). The zero-order valence-corrected chi connectivity index (χ0v) is 16.7. The van der Waals surface area contributed by atoms with E-state index in [1.54, 1.807) is 24.0 Å². The number of fused-ring (bicyclic) bond motifs is 1. The normalized spacial score (nSPS) is 11.0. The Morgan fingerprint density at radius 1 is 1.11 bits per heavy atom. The number of rotatable bonds is 7. The number of carbonyl (C=O) groups excluding carboxylic acids is 1. The largest absolute Gasteiger partial charge is 0.477 e. The summed E-state index contributed by atoms with van der Waals surface area (Å²) in [6, 6.07) is 15.0. The first-order valence-electron chi connectivity index (χ1n) is 9.30. The Bertz CT molecular complexity index is 1010. The number of hydrogen-bond acceptors (Lipinski definition) is 2. The molecule has 0 aliphatic rings. The van der Waals surface area contributed by atoms with Gasteiger partial charge in [0.1, 0.15) is 5.69 Å². The lowest BCUT2D eigenvalue weighted by Crippen LogP contribution is -2.30. The third-order valence-corrected chi connectivity index (χ3v) is 5.15. The van der Waals surface area contributed by atoms with Crippen LogP contribution in [-0.4, -0.2) is 39.5 Å². The van der Waals surface area contributed by atoms with E-state index >= 15 is 0 Å². The lowest BCUT2D eigenvalue weighted by Gasteiger charge is -2.20. The summed E-state index contributed by atoms with van der Waals surface area (Å²) in [5, 5.41) is 12.0. The Morgan fingerprint density at radius 3 is 2.43 bits per heavy atom. The SMILES string of the molecule is CCN(CCCn1c(C(=O)O)c2ccc(Cl)cc2c1-c1ccccc1)C(C)=O. The van der Waals surface area contributed by atoms with Gasteiger partial charge in [-0.25, -0.2) is 4.79 Å². The van der Waals surface area contributed by atoms with Gasteiger partial charge in [0.2, 0.25) is 5.91 Å². The molecule has 146 valence electrons. The number of carboxylic acid groups (broad SMARTS) is 1. The van der Waals surface area contributed by atoms with E-state index in [0.29, 0.717) is 36.5 Å². The molecule has 3 rings (SSSR count). The van der Waals surface area contributed by atoms with Gasteiger partial charge in [0.05, 0.1) is 5.69 Å². The van der Waals surface area contributed by atoms with Crippen molar-refractivity contribution in [2.75, 3.05) is 13.1 Å². The van der Waals surface area contributed by atoms with Gasteiger partial charge in [-0.1, -0.05) is 48.0 Å². The number of nitrogens with zero attached hydrogens (tertiary/aromatic N) is 2. The molecule has 0 unspecified atom stereocenters. The van der Waals surface area contributed by atoms with Crippen LogP contribution in [0, 0.1) is 0 Å². The summed E-state index contributed by atoms with van der Waals surface area (Å²) in [6.07, 6.45) is 0.655. The van der Waals surface area contributed by atoms with Gasteiger partial charge in [-0.15, -0.1) is 0 Å². The molecule has 0 fully saturated rings. The smallest absolute Gasteiger partial charge is 0.353 e. The number of hydrogen-bond donors (Lipinski definition) is 1. The molecule has 2 aromatic carbocycles. The van der Waals surface area contributed by atoms with Crippen LogP contribution in [0.15, 0.2) is 48.5 Å². The Balaban J connectivity index is 2.12. The molecule has 0 spiro atoms. The summed E-state index contributed by atoms with van der Waals surface area (Å²) < 4.78 is 1.84. The minimum absolute atomic E-state index is 0.0219. The summed E-state index contributed by atoms with van der Waals surface area (Å²) in [5.74, 6) is -0.956. The topological polar surface area (TPSA) is 62.5 Å². The average molecular weight is 399 g/mol. The minimum Gasteiger partial charge on any atom is -0.477 e. The molecule has 6 heteroatoms. The van der Waals surface area contributed by atoms with Crippen molar-refractivity contribution in [3.8, 4) is 11.3 Å². The van der Waals surface area contributed by atoms with Crippen molar-refractivity contribution < 1.29 is 14.7 Å². The maximum absolute atomic E-state index is 12.1. The van der Waals surface area contributed by atoms with E-state index in [2.05, 4.69) is 0 Å². The summed E-state index contributed by atoms with van der Waals surface area (Å²) in [6.45, 7) is 5.19. The molecule has 0 saturated carbocycles. The van der Waals surface area contributed by atoms with Gasteiger partial charge in [-0.2, -0.15) is 0 Å². The lowest BCUT2D eigenvalue weighted by molar-refractivity contribution is -0.128. The second-order valence-corrected chi connectivity index (χ2v) is 7.10. The number of amides is 1. The first-order valence-corrected chi connectivity index (χ1v) is 9.67. The molecule has 5 nitrogen and oxygen atoms in total. The fourth-order valence-corrected chi connectivity index (χ4v) is 3.81. The third kappa shape index (κ3) is 3.90. The quantitative estimate of drug-likeness (QED) is 0.614. The maximum Gasteiger partial charge on any atom is 0.353 e. The van der Waals surface area contributed by atoms with Crippen molar-refractivity contribution in [2.45, 2.75) is 26.8 Å². The Labute approximate surface area is 169 Å². The molecule has 0 aliphatic carbocycles. The number of halogens is 1. The lowest BCUT2D eigenvalue weighted by atomic mass is 10.1. The molecular formula is C22H23ClN2O3. The van der Waals surface area contributed by atoms with E-state index < -0.39 is 5.97 Å². The fraction of sp³-hybridized carbons (Fsp3) is 0.273. The monoisotopic (exact) mass is 398 g/mol. The van der Waals surface area contributed by atoms with Crippen LogP contribution in [0.5, 0.6) is 0 Å². The molecule has 1 aromatic heterocycles. The highest BCUT2D eigenvalue weighted by Crippen LogP contribution is 2.36. The second kappa shape index (κ2) is 8.48. The van der Waals surface area contributed by atoms with E-state index in [4.69, 9.17) is 11.6 Å². The van der Waals surface area contributed by atoms with Crippen LogP contribution < -0.4 is 0 Å². The number of aromatic nitrogens is 1. The second-order valence-electron chi connectivity index (χ2n) is 6.66. The highest BCUT2D eigenvalue weighted by atomic mass is 35.5. The van der Waals surface area contributed by atoms with E-state index in [0.717, 1.165) is 16.6 Å². The molecule has 0 radical (unpaired) electrons. The third-order valence-electron chi connectivity index (χ3n) is 4.92. The number of carbonyl (C=O) groups is 2. The van der Waals surface area contributed by atoms with Gasteiger partial charge >= 0.3 is 5.97 Å². The molecule has 28 heavy (non-hydrogen) atoms. The molecule has 0 saturated heterocycles. The van der Waals surface area contributed by atoms with Crippen LogP contribution in [0.25, 0.3) is 22.0 Å². The van der Waals surface area contributed by atoms with Gasteiger partial charge < -0.3 is 14.6 Å². The van der Waals surface area contributed by atoms with Crippen molar-refractivity contribution in [2.24, 2.45) is 0 Å². The molecule has 1 amide bonds. The first kappa shape index (κ1) is 20.0. The fourth-order valence-electron chi connectivity index (χ4n) is 3.64. The summed E-state index contributed by atoms with van der Waals surface area (Å²) in [4.78, 5) is 25.5. The molecule has 3 aromatic rings. The zero-order valence-electron chi connectivity index (χ0n) is 16.0. The molecule has 1 N–H and O–H groups in total. The highest BCUT2D eigenvalue weighted by Gasteiger charge is 2.23. The number of aromatic carboxylic acids is 1. The number of benzene rings is 2. The van der Waals surface area contributed by atoms with Gasteiger partial charge in [0.15, 0.2) is 0 Å². The molecule has 0 atom stereocenters. The van der Waals surface area contributed by atoms with Crippen molar-refractivity contribution in [3.05, 3.63) is 59.2 Å². The van der Waals surface area contributed by atoms with Crippen LogP contribution >= 0.6 is 11.6 Å². The minimum atomic E-state index is -0.978. The van der Waals surface area contributed by atoms with Crippen molar-refractivity contribution in [3.63, 3.8) is 0 Å². The van der Waals surface area contributed by atoms with Crippen LogP contribution in [0.3, 0.4) is 0 Å². The summed E-state index contributed by atoms with van der Waals surface area (Å²) in [7, 11) is 0. The van der Waals surface area contributed by atoms with Gasteiger partial charge in [0, 0.05) is 42.4 Å². The Kier molecular flexibility index (Phi) is 6.05.